The Morgan fingerprint density at radius 2 is 1.65 bits per heavy atom. The van der Waals surface area contributed by atoms with E-state index in [4.69, 9.17) is 4.74 Å². The van der Waals surface area contributed by atoms with Gasteiger partial charge in [-0.25, -0.2) is 0 Å². The van der Waals surface area contributed by atoms with Gasteiger partial charge in [-0.05, 0) is 18.2 Å². The first-order valence-electron chi connectivity index (χ1n) is 5.58. The van der Waals surface area contributed by atoms with Crippen molar-refractivity contribution < 1.29 is 9.53 Å². The van der Waals surface area contributed by atoms with Gasteiger partial charge in [0.15, 0.2) is 0 Å². The number of hydrogen-bond donors (Lipinski definition) is 0. The van der Waals surface area contributed by atoms with Crippen LogP contribution in [0.3, 0.4) is 0 Å². The lowest BCUT2D eigenvalue weighted by Gasteiger charge is -2.12. The van der Waals surface area contributed by atoms with Crippen LogP contribution < -0.4 is 4.74 Å². The number of para-hydroxylation sites is 2. The predicted molar refractivity (Wildman–Crippen MR) is 67.4 cm³/mol. The second-order valence-corrected chi connectivity index (χ2v) is 3.88. The van der Waals surface area contributed by atoms with E-state index in [1.165, 1.54) is 0 Å². The van der Waals surface area contributed by atoms with E-state index < -0.39 is 0 Å². The summed E-state index contributed by atoms with van der Waals surface area (Å²) < 4.78 is 5.77. The second-order valence-electron chi connectivity index (χ2n) is 3.88. The number of carbonyl (C=O) groups is 1. The number of aldehydes is 1. The van der Waals surface area contributed by atoms with Gasteiger partial charge in [-0.15, -0.1) is 0 Å². The Bertz CT molecular complexity index is 491. The fraction of sp³-hybridized carbons (Fsp3) is 0.133. The lowest BCUT2D eigenvalue weighted by atomic mass is 10.0. The average molecular weight is 226 g/mol. The van der Waals surface area contributed by atoms with Crippen molar-refractivity contribution >= 4 is 6.29 Å². The molecule has 2 nitrogen and oxygen atoms in total. The maximum atomic E-state index is 10.9. The molecule has 0 fully saturated rings. The molecule has 0 bridgehead atoms. The molecule has 1 atom stereocenters. The van der Waals surface area contributed by atoms with Gasteiger partial charge < -0.3 is 9.53 Å². The highest BCUT2D eigenvalue weighted by atomic mass is 16.5. The van der Waals surface area contributed by atoms with Crippen LogP contribution in [0.1, 0.15) is 18.4 Å². The van der Waals surface area contributed by atoms with E-state index >= 15 is 0 Å². The van der Waals surface area contributed by atoms with E-state index in [0.717, 1.165) is 23.3 Å². The van der Waals surface area contributed by atoms with Crippen LogP contribution in [0.5, 0.6) is 11.5 Å². The van der Waals surface area contributed by atoms with Gasteiger partial charge >= 0.3 is 0 Å². The quantitative estimate of drug-likeness (QED) is 0.741. The third-order valence-electron chi connectivity index (χ3n) is 2.58. The van der Waals surface area contributed by atoms with Crippen molar-refractivity contribution in [2.24, 2.45) is 0 Å². The molecule has 2 aromatic carbocycles. The van der Waals surface area contributed by atoms with Crippen LogP contribution in [-0.2, 0) is 4.79 Å². The van der Waals surface area contributed by atoms with Gasteiger partial charge in [0.25, 0.3) is 0 Å². The Morgan fingerprint density at radius 1 is 1.00 bits per heavy atom. The van der Waals surface area contributed by atoms with E-state index in [9.17, 15) is 4.79 Å². The summed E-state index contributed by atoms with van der Waals surface area (Å²) in [5.74, 6) is 1.35. The zero-order chi connectivity index (χ0) is 12.1. The SMILES string of the molecule is CC(C=O)c1ccccc1Oc1ccccc1. The second kappa shape index (κ2) is 5.30. The Balaban J connectivity index is 2.30. The minimum Gasteiger partial charge on any atom is -0.457 e. The van der Waals surface area contributed by atoms with E-state index in [2.05, 4.69) is 0 Å². The van der Waals surface area contributed by atoms with Gasteiger partial charge in [-0.1, -0.05) is 43.3 Å². The molecule has 0 spiro atoms. The zero-order valence-corrected chi connectivity index (χ0v) is 9.67. The van der Waals surface area contributed by atoms with Crippen LogP contribution in [0.2, 0.25) is 0 Å². The van der Waals surface area contributed by atoms with Crippen LogP contribution in [0.4, 0.5) is 0 Å². The molecule has 17 heavy (non-hydrogen) atoms. The zero-order valence-electron chi connectivity index (χ0n) is 9.67. The molecule has 0 N–H and O–H groups in total. The summed E-state index contributed by atoms with van der Waals surface area (Å²) in [5, 5.41) is 0. The molecular weight excluding hydrogens is 212 g/mol. The smallest absolute Gasteiger partial charge is 0.131 e. The Morgan fingerprint density at radius 3 is 2.35 bits per heavy atom. The summed E-state index contributed by atoms with van der Waals surface area (Å²) >= 11 is 0. The fourth-order valence-corrected chi connectivity index (χ4v) is 1.64. The predicted octanol–water partition coefficient (Wildman–Crippen LogP) is 3.78. The van der Waals surface area contributed by atoms with Crippen LogP contribution in [0.15, 0.2) is 54.6 Å². The number of carbonyl (C=O) groups excluding carboxylic acids is 1. The van der Waals surface area contributed by atoms with E-state index in [1.807, 2.05) is 61.5 Å². The van der Waals surface area contributed by atoms with Crippen molar-refractivity contribution in [3.05, 3.63) is 60.2 Å². The summed E-state index contributed by atoms with van der Waals surface area (Å²) in [7, 11) is 0. The molecule has 0 amide bonds. The maximum Gasteiger partial charge on any atom is 0.131 e. The minimum absolute atomic E-state index is 0.157. The first-order chi connectivity index (χ1) is 8.31. The van der Waals surface area contributed by atoms with Gasteiger partial charge in [-0.3, -0.25) is 0 Å². The van der Waals surface area contributed by atoms with Gasteiger partial charge in [0, 0.05) is 11.5 Å². The van der Waals surface area contributed by atoms with Crippen molar-refractivity contribution in [3.63, 3.8) is 0 Å². The van der Waals surface area contributed by atoms with Gasteiger partial charge in [0.1, 0.15) is 17.8 Å². The van der Waals surface area contributed by atoms with Gasteiger partial charge in [0.2, 0.25) is 0 Å². The number of rotatable bonds is 4. The molecule has 2 rings (SSSR count). The van der Waals surface area contributed by atoms with E-state index in [0.29, 0.717) is 0 Å². The van der Waals surface area contributed by atoms with Crippen LogP contribution in [-0.4, -0.2) is 6.29 Å². The number of benzene rings is 2. The largest absolute Gasteiger partial charge is 0.457 e. The first-order valence-corrected chi connectivity index (χ1v) is 5.58. The van der Waals surface area contributed by atoms with Crippen molar-refractivity contribution in [1.29, 1.82) is 0 Å². The summed E-state index contributed by atoms with van der Waals surface area (Å²) in [6.45, 7) is 1.86. The molecule has 86 valence electrons. The summed E-state index contributed by atoms with van der Waals surface area (Å²) in [5.41, 5.74) is 0.909. The molecule has 0 aliphatic rings. The summed E-state index contributed by atoms with van der Waals surface area (Å²) in [4.78, 5) is 10.9. The molecule has 1 unspecified atom stereocenters. The van der Waals surface area contributed by atoms with Gasteiger partial charge in [-0.2, -0.15) is 0 Å². The third kappa shape index (κ3) is 2.72. The molecule has 0 radical (unpaired) electrons. The molecule has 0 heterocycles. The van der Waals surface area contributed by atoms with Crippen molar-refractivity contribution in [1.82, 2.24) is 0 Å². The number of ether oxygens (including phenoxy) is 1. The summed E-state index contributed by atoms with van der Waals surface area (Å²) in [6, 6.07) is 17.2. The highest BCUT2D eigenvalue weighted by Gasteiger charge is 2.10. The molecule has 0 aromatic heterocycles. The fourth-order valence-electron chi connectivity index (χ4n) is 1.64. The van der Waals surface area contributed by atoms with Crippen molar-refractivity contribution in [2.75, 3.05) is 0 Å². The van der Waals surface area contributed by atoms with Crippen LogP contribution in [0, 0.1) is 0 Å². The minimum atomic E-state index is -0.157. The van der Waals surface area contributed by atoms with Crippen LogP contribution >= 0.6 is 0 Å². The molecule has 0 saturated heterocycles. The van der Waals surface area contributed by atoms with E-state index in [-0.39, 0.29) is 5.92 Å². The lowest BCUT2D eigenvalue weighted by Crippen LogP contribution is -1.97. The Labute approximate surface area is 101 Å². The summed E-state index contributed by atoms with van der Waals surface area (Å²) in [6.07, 6.45) is 0.924. The maximum absolute atomic E-state index is 10.9. The topological polar surface area (TPSA) is 26.3 Å². The normalized spacial score (nSPS) is 11.8. The average Bonchev–Trinajstić information content (AvgIpc) is 2.40. The Kier molecular flexibility index (Phi) is 3.55. The third-order valence-corrected chi connectivity index (χ3v) is 2.58. The van der Waals surface area contributed by atoms with Crippen molar-refractivity contribution in [2.45, 2.75) is 12.8 Å². The van der Waals surface area contributed by atoms with E-state index in [1.54, 1.807) is 0 Å². The van der Waals surface area contributed by atoms with Gasteiger partial charge in [0.05, 0.1) is 0 Å². The molecule has 0 aliphatic heterocycles. The van der Waals surface area contributed by atoms with Crippen LogP contribution in [0.25, 0.3) is 0 Å². The molecule has 0 aliphatic carbocycles. The number of hydrogen-bond acceptors (Lipinski definition) is 2. The van der Waals surface area contributed by atoms with Crippen molar-refractivity contribution in [3.8, 4) is 11.5 Å². The lowest BCUT2D eigenvalue weighted by molar-refractivity contribution is -0.108. The molecular formula is C15H14O2. The Hall–Kier alpha value is -2.09. The standard InChI is InChI=1S/C15H14O2/c1-12(11-16)14-9-5-6-10-15(14)17-13-7-3-2-4-8-13/h2-12H,1H3. The molecule has 2 aromatic rings. The monoisotopic (exact) mass is 226 g/mol. The highest BCUT2D eigenvalue weighted by molar-refractivity contribution is 5.63. The molecule has 0 saturated carbocycles. The highest BCUT2D eigenvalue weighted by Crippen LogP contribution is 2.29. The first kappa shape index (κ1) is 11.4. The molecule has 2 heteroatoms.